The lowest BCUT2D eigenvalue weighted by Gasteiger charge is -2.21. The average molecular weight is 275 g/mol. The molecule has 0 aromatic heterocycles. The van der Waals surface area contributed by atoms with Crippen LogP contribution in [0.15, 0.2) is 24.3 Å². The Morgan fingerprint density at radius 3 is 3.00 bits per heavy atom. The third kappa shape index (κ3) is 3.73. The van der Waals surface area contributed by atoms with E-state index in [9.17, 15) is 4.79 Å². The third-order valence-corrected chi connectivity index (χ3v) is 3.88. The molecule has 1 amide bonds. The largest absolute Gasteiger partial charge is 0.399 e. The minimum absolute atomic E-state index is 0.109. The molecular formula is C16H25N3O. The van der Waals surface area contributed by atoms with Crippen LogP contribution in [0.4, 0.5) is 5.69 Å². The number of anilines is 1. The SMILES string of the molecule is CCCN(C)CC1CCN(C(=O)c2cccc(N)c2)C1. The Morgan fingerprint density at radius 1 is 1.50 bits per heavy atom. The molecule has 2 rings (SSSR count). The van der Waals surface area contributed by atoms with E-state index in [2.05, 4.69) is 18.9 Å². The maximum Gasteiger partial charge on any atom is 0.253 e. The number of carbonyl (C=O) groups is 1. The monoisotopic (exact) mass is 275 g/mol. The molecule has 0 spiro atoms. The molecule has 1 unspecified atom stereocenters. The second-order valence-corrected chi connectivity index (χ2v) is 5.79. The predicted molar refractivity (Wildman–Crippen MR) is 82.7 cm³/mol. The van der Waals surface area contributed by atoms with Gasteiger partial charge in [-0.1, -0.05) is 13.0 Å². The smallest absolute Gasteiger partial charge is 0.253 e. The van der Waals surface area contributed by atoms with E-state index in [4.69, 9.17) is 5.73 Å². The van der Waals surface area contributed by atoms with E-state index < -0.39 is 0 Å². The Balaban J connectivity index is 1.90. The molecule has 20 heavy (non-hydrogen) atoms. The Hall–Kier alpha value is -1.55. The van der Waals surface area contributed by atoms with Crippen LogP contribution in [0, 0.1) is 5.92 Å². The molecule has 4 heteroatoms. The Morgan fingerprint density at radius 2 is 2.30 bits per heavy atom. The number of hydrogen-bond acceptors (Lipinski definition) is 3. The molecule has 1 atom stereocenters. The number of nitrogens with zero attached hydrogens (tertiary/aromatic N) is 2. The first-order chi connectivity index (χ1) is 9.60. The van der Waals surface area contributed by atoms with Gasteiger partial charge in [-0.3, -0.25) is 4.79 Å². The topological polar surface area (TPSA) is 49.6 Å². The van der Waals surface area contributed by atoms with Crippen LogP contribution in [0.3, 0.4) is 0 Å². The van der Waals surface area contributed by atoms with Gasteiger partial charge in [-0.05, 0) is 50.6 Å². The van der Waals surface area contributed by atoms with E-state index in [1.807, 2.05) is 23.1 Å². The summed E-state index contributed by atoms with van der Waals surface area (Å²) in [6.07, 6.45) is 2.28. The molecular weight excluding hydrogens is 250 g/mol. The molecule has 1 saturated heterocycles. The van der Waals surface area contributed by atoms with Gasteiger partial charge in [0.2, 0.25) is 0 Å². The highest BCUT2D eigenvalue weighted by Gasteiger charge is 2.27. The Labute approximate surface area is 121 Å². The highest BCUT2D eigenvalue weighted by molar-refractivity contribution is 5.95. The van der Waals surface area contributed by atoms with Gasteiger partial charge in [0.1, 0.15) is 0 Å². The summed E-state index contributed by atoms with van der Waals surface area (Å²) in [5, 5.41) is 0. The lowest BCUT2D eigenvalue weighted by molar-refractivity contribution is 0.0784. The van der Waals surface area contributed by atoms with Crippen molar-refractivity contribution in [1.82, 2.24) is 9.80 Å². The number of likely N-dealkylation sites (tertiary alicyclic amines) is 1. The van der Waals surface area contributed by atoms with Crippen molar-refractivity contribution < 1.29 is 4.79 Å². The fourth-order valence-electron chi connectivity index (χ4n) is 2.93. The van der Waals surface area contributed by atoms with E-state index in [0.717, 1.165) is 32.6 Å². The van der Waals surface area contributed by atoms with Crippen LogP contribution in [0.25, 0.3) is 0 Å². The van der Waals surface area contributed by atoms with Crippen LogP contribution in [0.1, 0.15) is 30.1 Å². The van der Waals surface area contributed by atoms with Crippen LogP contribution >= 0.6 is 0 Å². The molecule has 1 aromatic carbocycles. The van der Waals surface area contributed by atoms with Gasteiger partial charge < -0.3 is 15.5 Å². The summed E-state index contributed by atoms with van der Waals surface area (Å²) < 4.78 is 0. The fraction of sp³-hybridized carbons (Fsp3) is 0.562. The third-order valence-electron chi connectivity index (χ3n) is 3.88. The normalized spacial score (nSPS) is 18.8. The van der Waals surface area contributed by atoms with Crippen molar-refractivity contribution in [2.75, 3.05) is 39.0 Å². The summed E-state index contributed by atoms with van der Waals surface area (Å²) in [5.41, 5.74) is 7.09. The summed E-state index contributed by atoms with van der Waals surface area (Å²) in [6.45, 7) is 6.12. The van der Waals surface area contributed by atoms with Crippen molar-refractivity contribution in [2.45, 2.75) is 19.8 Å². The number of nitrogen functional groups attached to an aromatic ring is 1. The molecule has 2 N–H and O–H groups in total. The van der Waals surface area contributed by atoms with Gasteiger partial charge >= 0.3 is 0 Å². The van der Waals surface area contributed by atoms with Crippen molar-refractivity contribution >= 4 is 11.6 Å². The van der Waals surface area contributed by atoms with Crippen LogP contribution in [0.5, 0.6) is 0 Å². The standard InChI is InChI=1S/C16H25N3O/c1-3-8-18(2)11-13-7-9-19(12-13)16(20)14-5-4-6-15(17)10-14/h4-6,10,13H,3,7-9,11-12,17H2,1-2H3. The first-order valence-electron chi connectivity index (χ1n) is 7.43. The first-order valence-corrected chi connectivity index (χ1v) is 7.43. The summed E-state index contributed by atoms with van der Waals surface area (Å²) >= 11 is 0. The van der Waals surface area contributed by atoms with Crippen molar-refractivity contribution in [3.8, 4) is 0 Å². The lowest BCUT2D eigenvalue weighted by Crippen LogP contribution is -2.32. The number of carbonyl (C=O) groups excluding carboxylic acids is 1. The lowest BCUT2D eigenvalue weighted by atomic mass is 10.1. The highest BCUT2D eigenvalue weighted by Crippen LogP contribution is 2.20. The Bertz CT molecular complexity index is 461. The predicted octanol–water partition coefficient (Wildman–Crippen LogP) is 2.07. The van der Waals surface area contributed by atoms with E-state index >= 15 is 0 Å². The highest BCUT2D eigenvalue weighted by atomic mass is 16.2. The average Bonchev–Trinajstić information content (AvgIpc) is 2.86. The zero-order valence-electron chi connectivity index (χ0n) is 12.5. The molecule has 1 aliphatic rings. The molecule has 1 heterocycles. The van der Waals surface area contributed by atoms with Crippen molar-refractivity contribution in [1.29, 1.82) is 0 Å². The molecule has 110 valence electrons. The second kappa shape index (κ2) is 6.75. The van der Waals surface area contributed by atoms with E-state index in [-0.39, 0.29) is 5.91 Å². The van der Waals surface area contributed by atoms with E-state index in [1.54, 1.807) is 6.07 Å². The van der Waals surface area contributed by atoms with Gasteiger partial charge in [0.05, 0.1) is 0 Å². The molecule has 1 aromatic rings. The maximum absolute atomic E-state index is 12.4. The molecule has 1 fully saturated rings. The van der Waals surface area contributed by atoms with Gasteiger partial charge in [0, 0.05) is 30.9 Å². The van der Waals surface area contributed by atoms with E-state index in [0.29, 0.717) is 17.2 Å². The van der Waals surface area contributed by atoms with Crippen molar-refractivity contribution in [3.63, 3.8) is 0 Å². The quantitative estimate of drug-likeness (QED) is 0.837. The molecule has 0 saturated carbocycles. The zero-order valence-corrected chi connectivity index (χ0v) is 12.5. The summed E-state index contributed by atoms with van der Waals surface area (Å²) in [6, 6.07) is 7.25. The van der Waals surface area contributed by atoms with Gasteiger partial charge in [0.25, 0.3) is 5.91 Å². The number of rotatable bonds is 5. The Kier molecular flexibility index (Phi) is 5.01. The first kappa shape index (κ1) is 14.9. The summed E-state index contributed by atoms with van der Waals surface area (Å²) in [4.78, 5) is 16.7. The van der Waals surface area contributed by atoms with Crippen LogP contribution in [-0.4, -0.2) is 48.9 Å². The van der Waals surface area contributed by atoms with Gasteiger partial charge in [0.15, 0.2) is 0 Å². The molecule has 0 bridgehead atoms. The number of hydrogen-bond donors (Lipinski definition) is 1. The van der Waals surface area contributed by atoms with Crippen molar-refractivity contribution in [2.24, 2.45) is 5.92 Å². The van der Waals surface area contributed by atoms with Gasteiger partial charge in [-0.15, -0.1) is 0 Å². The molecule has 0 aliphatic carbocycles. The van der Waals surface area contributed by atoms with Crippen molar-refractivity contribution in [3.05, 3.63) is 29.8 Å². The summed E-state index contributed by atoms with van der Waals surface area (Å²) in [5.74, 6) is 0.703. The molecule has 1 aliphatic heterocycles. The minimum Gasteiger partial charge on any atom is -0.399 e. The van der Waals surface area contributed by atoms with Gasteiger partial charge in [-0.25, -0.2) is 0 Å². The van der Waals surface area contributed by atoms with E-state index in [1.165, 1.54) is 6.42 Å². The second-order valence-electron chi connectivity index (χ2n) is 5.79. The van der Waals surface area contributed by atoms with Gasteiger partial charge in [-0.2, -0.15) is 0 Å². The van der Waals surface area contributed by atoms with Crippen LogP contribution in [-0.2, 0) is 0 Å². The van der Waals surface area contributed by atoms with Crippen LogP contribution in [0.2, 0.25) is 0 Å². The number of nitrogens with two attached hydrogens (primary N) is 1. The molecule has 4 nitrogen and oxygen atoms in total. The van der Waals surface area contributed by atoms with Crippen LogP contribution < -0.4 is 5.73 Å². The molecule has 0 radical (unpaired) electrons. The fourth-order valence-corrected chi connectivity index (χ4v) is 2.93. The zero-order chi connectivity index (χ0) is 14.5. The number of amides is 1. The minimum atomic E-state index is 0.109. The number of benzene rings is 1. The summed E-state index contributed by atoms with van der Waals surface area (Å²) in [7, 11) is 2.16. The maximum atomic E-state index is 12.4.